The summed E-state index contributed by atoms with van der Waals surface area (Å²) < 4.78 is 44.3. The number of ether oxygens (including phenoxy) is 1. The Hall–Kier alpha value is -2.95. The van der Waals surface area contributed by atoms with E-state index in [0.29, 0.717) is 26.3 Å². The first-order valence-corrected chi connectivity index (χ1v) is 9.02. The Morgan fingerprint density at radius 2 is 2.00 bits per heavy atom. The topological polar surface area (TPSA) is 100 Å². The van der Waals surface area contributed by atoms with E-state index in [9.17, 15) is 22.8 Å². The molecule has 1 aliphatic heterocycles. The number of hydrogen-bond donors (Lipinski definition) is 2. The maximum Gasteiger partial charge on any atom is 0.416 e. The van der Waals surface area contributed by atoms with E-state index >= 15 is 0 Å². The smallest absolute Gasteiger partial charge is 0.378 e. The number of carbonyl (C=O) groups is 2. The van der Waals surface area contributed by atoms with Gasteiger partial charge in [0.05, 0.1) is 18.8 Å². The zero-order valence-corrected chi connectivity index (χ0v) is 15.4. The van der Waals surface area contributed by atoms with Gasteiger partial charge < -0.3 is 15.0 Å². The van der Waals surface area contributed by atoms with E-state index in [1.165, 1.54) is 18.5 Å². The van der Waals surface area contributed by atoms with Gasteiger partial charge in [0.2, 0.25) is 11.8 Å². The van der Waals surface area contributed by atoms with Gasteiger partial charge in [-0.1, -0.05) is 12.1 Å². The number of benzene rings is 1. The molecule has 29 heavy (non-hydrogen) atoms. The fourth-order valence-corrected chi connectivity index (χ4v) is 2.98. The zero-order chi connectivity index (χ0) is 20.9. The summed E-state index contributed by atoms with van der Waals surface area (Å²) in [4.78, 5) is 30.2. The monoisotopic (exact) mass is 411 g/mol. The van der Waals surface area contributed by atoms with Gasteiger partial charge in [-0.15, -0.1) is 0 Å². The van der Waals surface area contributed by atoms with Crippen molar-refractivity contribution in [3.8, 4) is 0 Å². The molecular weight excluding hydrogens is 391 g/mol. The number of aromatic nitrogens is 3. The Morgan fingerprint density at radius 3 is 2.66 bits per heavy atom. The number of nitrogens with zero attached hydrogens (tertiary/aromatic N) is 3. The summed E-state index contributed by atoms with van der Waals surface area (Å²) in [6.45, 7) is 1.87. The summed E-state index contributed by atoms with van der Waals surface area (Å²) in [6.07, 6.45) is -3.42. The fourth-order valence-electron chi connectivity index (χ4n) is 2.98. The molecule has 1 unspecified atom stereocenters. The summed E-state index contributed by atoms with van der Waals surface area (Å²) in [7, 11) is 0. The molecule has 0 aliphatic carbocycles. The Labute approximate surface area is 164 Å². The van der Waals surface area contributed by atoms with Gasteiger partial charge >= 0.3 is 6.18 Å². The van der Waals surface area contributed by atoms with E-state index in [4.69, 9.17) is 4.74 Å². The molecule has 11 heteroatoms. The van der Waals surface area contributed by atoms with Gasteiger partial charge in [0.1, 0.15) is 12.4 Å². The second-order valence-corrected chi connectivity index (χ2v) is 6.49. The van der Waals surface area contributed by atoms with Crippen LogP contribution in [-0.4, -0.2) is 58.2 Å². The Morgan fingerprint density at radius 1 is 1.24 bits per heavy atom. The van der Waals surface area contributed by atoms with Crippen molar-refractivity contribution in [2.24, 2.45) is 0 Å². The second kappa shape index (κ2) is 9.03. The van der Waals surface area contributed by atoms with Gasteiger partial charge in [-0.05, 0) is 17.7 Å². The third-order valence-electron chi connectivity index (χ3n) is 4.49. The lowest BCUT2D eigenvalue weighted by Gasteiger charge is -2.26. The standard InChI is InChI=1S/C18H20F3N5O3/c19-18(20,21)13-3-1-2-12(10-13)16(17-22-11-23-25-17)24-14(27)4-5-15(28)26-6-8-29-9-7-26/h1-3,10-11,16H,4-9H2,(H,24,27)(H,22,23,25). The Balaban J connectivity index is 1.68. The number of halogens is 3. The highest BCUT2D eigenvalue weighted by molar-refractivity contribution is 5.84. The van der Waals surface area contributed by atoms with Crippen LogP contribution in [0.2, 0.25) is 0 Å². The van der Waals surface area contributed by atoms with Gasteiger partial charge in [0.15, 0.2) is 5.82 Å². The van der Waals surface area contributed by atoms with E-state index in [-0.39, 0.29) is 30.1 Å². The number of aromatic amines is 1. The quantitative estimate of drug-likeness (QED) is 0.753. The third kappa shape index (κ3) is 5.53. The number of amides is 2. The molecule has 0 radical (unpaired) electrons. The molecule has 0 saturated carbocycles. The van der Waals surface area contributed by atoms with Gasteiger partial charge in [0.25, 0.3) is 0 Å². The van der Waals surface area contributed by atoms with Crippen LogP contribution in [0.15, 0.2) is 30.6 Å². The van der Waals surface area contributed by atoms with Crippen LogP contribution in [0.5, 0.6) is 0 Å². The predicted molar refractivity (Wildman–Crippen MR) is 94.4 cm³/mol. The summed E-state index contributed by atoms with van der Waals surface area (Å²) in [6, 6.07) is 3.67. The minimum atomic E-state index is -4.52. The first kappa shape index (κ1) is 20.8. The van der Waals surface area contributed by atoms with E-state index in [1.807, 2.05) is 0 Å². The van der Waals surface area contributed by atoms with Crippen molar-refractivity contribution in [3.05, 3.63) is 47.5 Å². The van der Waals surface area contributed by atoms with Crippen molar-refractivity contribution in [3.63, 3.8) is 0 Å². The molecule has 1 fully saturated rings. The van der Waals surface area contributed by atoms with Gasteiger partial charge in [-0.2, -0.15) is 18.3 Å². The van der Waals surface area contributed by atoms with Crippen molar-refractivity contribution in [2.75, 3.05) is 26.3 Å². The molecule has 1 aromatic heterocycles. The van der Waals surface area contributed by atoms with Crippen molar-refractivity contribution in [1.82, 2.24) is 25.4 Å². The summed E-state index contributed by atoms with van der Waals surface area (Å²) in [5.74, 6) is -0.457. The molecule has 0 bridgehead atoms. The van der Waals surface area contributed by atoms with E-state index in [0.717, 1.165) is 12.1 Å². The molecule has 1 aliphatic rings. The van der Waals surface area contributed by atoms with Crippen LogP contribution in [0.1, 0.15) is 35.8 Å². The SMILES string of the molecule is O=C(CCC(=O)N1CCOCC1)NC(c1cccc(C(F)(F)F)c1)c1ncn[nH]1. The third-order valence-corrected chi connectivity index (χ3v) is 4.49. The van der Waals surface area contributed by atoms with Gasteiger partial charge in [-0.3, -0.25) is 14.7 Å². The molecule has 3 rings (SSSR count). The maximum atomic E-state index is 13.0. The van der Waals surface area contributed by atoms with Crippen molar-refractivity contribution in [2.45, 2.75) is 25.1 Å². The number of carbonyl (C=O) groups excluding carboxylic acids is 2. The number of morpholine rings is 1. The Bertz CT molecular complexity index is 836. The molecule has 8 nitrogen and oxygen atoms in total. The average molecular weight is 411 g/mol. The molecule has 1 saturated heterocycles. The molecule has 2 heterocycles. The number of H-pyrrole nitrogens is 1. The molecule has 0 spiro atoms. The highest BCUT2D eigenvalue weighted by atomic mass is 19.4. The lowest BCUT2D eigenvalue weighted by Crippen LogP contribution is -2.41. The molecule has 156 valence electrons. The zero-order valence-electron chi connectivity index (χ0n) is 15.4. The molecule has 1 atom stereocenters. The number of rotatable bonds is 6. The highest BCUT2D eigenvalue weighted by Gasteiger charge is 2.31. The minimum absolute atomic E-state index is 0.00243. The first-order valence-electron chi connectivity index (χ1n) is 9.02. The first-order chi connectivity index (χ1) is 13.8. The fraction of sp³-hybridized carbons (Fsp3) is 0.444. The molecule has 1 aromatic carbocycles. The normalized spacial score (nSPS) is 15.8. The van der Waals surface area contributed by atoms with E-state index in [1.54, 1.807) is 4.90 Å². The number of alkyl halides is 3. The van der Waals surface area contributed by atoms with Crippen molar-refractivity contribution in [1.29, 1.82) is 0 Å². The minimum Gasteiger partial charge on any atom is -0.378 e. The average Bonchev–Trinajstić information content (AvgIpc) is 3.25. The second-order valence-electron chi connectivity index (χ2n) is 6.49. The largest absolute Gasteiger partial charge is 0.416 e. The van der Waals surface area contributed by atoms with Crippen LogP contribution in [0.3, 0.4) is 0 Å². The van der Waals surface area contributed by atoms with E-state index < -0.39 is 23.7 Å². The van der Waals surface area contributed by atoms with Crippen LogP contribution < -0.4 is 5.32 Å². The summed E-state index contributed by atoms with van der Waals surface area (Å²) in [5.41, 5.74) is -0.638. The van der Waals surface area contributed by atoms with E-state index in [2.05, 4.69) is 20.5 Å². The molecule has 2 amide bonds. The van der Waals surface area contributed by atoms with Crippen molar-refractivity contribution < 1.29 is 27.5 Å². The van der Waals surface area contributed by atoms with Gasteiger partial charge in [0, 0.05) is 25.9 Å². The highest BCUT2D eigenvalue weighted by Crippen LogP contribution is 2.31. The van der Waals surface area contributed by atoms with Crippen LogP contribution in [-0.2, 0) is 20.5 Å². The number of nitrogens with one attached hydrogen (secondary N) is 2. The lowest BCUT2D eigenvalue weighted by molar-refractivity contribution is -0.138. The molecule has 2 aromatic rings. The van der Waals surface area contributed by atoms with Crippen LogP contribution in [0, 0.1) is 0 Å². The van der Waals surface area contributed by atoms with Crippen LogP contribution in [0.25, 0.3) is 0 Å². The van der Waals surface area contributed by atoms with Crippen molar-refractivity contribution >= 4 is 11.8 Å². The molecular formula is C18H20F3N5O3. The van der Waals surface area contributed by atoms with Gasteiger partial charge in [-0.25, -0.2) is 4.98 Å². The van der Waals surface area contributed by atoms with Crippen LogP contribution >= 0.6 is 0 Å². The predicted octanol–water partition coefficient (Wildman–Crippen LogP) is 1.67. The molecule has 2 N–H and O–H groups in total. The lowest BCUT2D eigenvalue weighted by atomic mass is 10.0. The van der Waals surface area contributed by atoms with Crippen LogP contribution in [0.4, 0.5) is 13.2 Å². The summed E-state index contributed by atoms with van der Waals surface area (Å²) in [5, 5.41) is 8.91. The number of hydrogen-bond acceptors (Lipinski definition) is 5. The summed E-state index contributed by atoms with van der Waals surface area (Å²) >= 11 is 0. The Kier molecular flexibility index (Phi) is 6.47. The maximum absolute atomic E-state index is 13.0.